The van der Waals surface area contributed by atoms with Gasteiger partial charge in [-0.3, -0.25) is 0 Å². The second kappa shape index (κ2) is 5.41. The number of hydrogen-bond donors (Lipinski definition) is 1. The number of benzene rings is 1. The molecule has 0 bridgehead atoms. The first-order valence-corrected chi connectivity index (χ1v) is 4.83. The van der Waals surface area contributed by atoms with E-state index in [1.165, 1.54) is 0 Å². The van der Waals surface area contributed by atoms with Crippen molar-refractivity contribution in [3.8, 4) is 11.5 Å². The van der Waals surface area contributed by atoms with E-state index < -0.39 is 0 Å². The van der Waals surface area contributed by atoms with E-state index in [0.29, 0.717) is 0 Å². The van der Waals surface area contributed by atoms with Crippen LogP contribution in [-0.4, -0.2) is 20.3 Å². The Labute approximate surface area is 90.5 Å². The summed E-state index contributed by atoms with van der Waals surface area (Å²) in [4.78, 5) is 0. The highest BCUT2D eigenvalue weighted by molar-refractivity contribution is 5.60. The molecular formula is C12H17NO2. The molecule has 82 valence electrons. The first-order chi connectivity index (χ1) is 7.17. The molecule has 3 nitrogen and oxygen atoms in total. The molecule has 0 spiro atoms. The van der Waals surface area contributed by atoms with Crippen LogP contribution < -0.4 is 15.2 Å². The molecule has 15 heavy (non-hydrogen) atoms. The average molecular weight is 207 g/mol. The maximum absolute atomic E-state index is 5.64. The van der Waals surface area contributed by atoms with Crippen molar-refractivity contribution in [1.29, 1.82) is 0 Å². The van der Waals surface area contributed by atoms with Gasteiger partial charge in [-0.15, -0.1) is 0 Å². The summed E-state index contributed by atoms with van der Waals surface area (Å²) in [5.41, 5.74) is 6.61. The molecule has 0 aromatic heterocycles. The van der Waals surface area contributed by atoms with Crippen LogP contribution in [-0.2, 0) is 0 Å². The van der Waals surface area contributed by atoms with Crippen LogP contribution >= 0.6 is 0 Å². The lowest BCUT2D eigenvalue weighted by molar-refractivity contribution is 0.402. The Hall–Kier alpha value is -1.48. The second-order valence-corrected chi connectivity index (χ2v) is 3.33. The monoisotopic (exact) mass is 207 g/mol. The summed E-state index contributed by atoms with van der Waals surface area (Å²) in [5.74, 6) is 1.62. The maximum Gasteiger partial charge on any atom is 0.126 e. The van der Waals surface area contributed by atoms with Gasteiger partial charge in [0, 0.05) is 11.6 Å². The Balaban J connectivity index is 3.01. The topological polar surface area (TPSA) is 44.5 Å². The molecule has 1 rings (SSSR count). The standard InChI is InChI=1S/C12H17NO2/c1-9(13)4-5-10-8-11(14-2)6-7-12(10)15-3/h4-9H,13H2,1-3H3/b5-4+. The molecule has 1 unspecified atom stereocenters. The summed E-state index contributed by atoms with van der Waals surface area (Å²) >= 11 is 0. The van der Waals surface area contributed by atoms with Gasteiger partial charge in [0.25, 0.3) is 0 Å². The van der Waals surface area contributed by atoms with Gasteiger partial charge < -0.3 is 15.2 Å². The van der Waals surface area contributed by atoms with E-state index in [0.717, 1.165) is 17.1 Å². The third kappa shape index (κ3) is 3.29. The molecular weight excluding hydrogens is 190 g/mol. The lowest BCUT2D eigenvalue weighted by Crippen LogP contribution is -2.09. The molecule has 0 aliphatic rings. The number of hydrogen-bond acceptors (Lipinski definition) is 3. The zero-order chi connectivity index (χ0) is 11.3. The maximum atomic E-state index is 5.64. The largest absolute Gasteiger partial charge is 0.497 e. The van der Waals surface area contributed by atoms with Gasteiger partial charge in [0.1, 0.15) is 11.5 Å². The number of nitrogens with two attached hydrogens (primary N) is 1. The molecule has 0 fully saturated rings. The minimum atomic E-state index is 0.0286. The van der Waals surface area contributed by atoms with Gasteiger partial charge in [0.05, 0.1) is 14.2 Å². The van der Waals surface area contributed by atoms with E-state index >= 15 is 0 Å². The third-order valence-electron chi connectivity index (χ3n) is 2.02. The fraction of sp³-hybridized carbons (Fsp3) is 0.333. The zero-order valence-corrected chi connectivity index (χ0v) is 9.36. The molecule has 0 saturated heterocycles. The second-order valence-electron chi connectivity index (χ2n) is 3.33. The summed E-state index contributed by atoms with van der Waals surface area (Å²) in [7, 11) is 3.28. The SMILES string of the molecule is COc1ccc(OC)c(/C=C/C(C)N)c1. The van der Waals surface area contributed by atoms with Crippen molar-refractivity contribution in [3.63, 3.8) is 0 Å². The summed E-state index contributed by atoms with van der Waals surface area (Å²) in [6.45, 7) is 1.92. The van der Waals surface area contributed by atoms with Crippen LogP contribution in [0.3, 0.4) is 0 Å². The Bertz CT molecular complexity index is 345. The van der Waals surface area contributed by atoms with Crippen LogP contribution in [0.15, 0.2) is 24.3 Å². The van der Waals surface area contributed by atoms with Crippen molar-refractivity contribution in [1.82, 2.24) is 0 Å². The third-order valence-corrected chi connectivity index (χ3v) is 2.02. The smallest absolute Gasteiger partial charge is 0.126 e. The summed E-state index contributed by atoms with van der Waals surface area (Å²) in [6.07, 6.45) is 3.85. The minimum Gasteiger partial charge on any atom is -0.497 e. The molecule has 0 saturated carbocycles. The van der Waals surface area contributed by atoms with Gasteiger partial charge in [0.15, 0.2) is 0 Å². The normalized spacial score (nSPS) is 12.8. The van der Waals surface area contributed by atoms with Crippen molar-refractivity contribution in [2.24, 2.45) is 5.73 Å². The van der Waals surface area contributed by atoms with Gasteiger partial charge in [-0.05, 0) is 25.1 Å². The van der Waals surface area contributed by atoms with Gasteiger partial charge in [-0.1, -0.05) is 12.2 Å². The Morgan fingerprint density at radius 1 is 1.27 bits per heavy atom. The van der Waals surface area contributed by atoms with Crippen LogP contribution in [0.25, 0.3) is 6.08 Å². The molecule has 1 atom stereocenters. The Morgan fingerprint density at radius 3 is 2.53 bits per heavy atom. The van der Waals surface area contributed by atoms with Gasteiger partial charge in [-0.2, -0.15) is 0 Å². The number of ether oxygens (including phenoxy) is 2. The average Bonchev–Trinajstić information content (AvgIpc) is 2.25. The van der Waals surface area contributed by atoms with Crippen molar-refractivity contribution in [2.45, 2.75) is 13.0 Å². The van der Waals surface area contributed by atoms with Crippen LogP contribution in [0, 0.1) is 0 Å². The van der Waals surface area contributed by atoms with E-state index in [-0.39, 0.29) is 6.04 Å². The summed E-state index contributed by atoms with van der Waals surface area (Å²) in [6, 6.07) is 5.68. The predicted molar refractivity (Wildman–Crippen MR) is 62.2 cm³/mol. The highest BCUT2D eigenvalue weighted by Gasteiger charge is 2.01. The van der Waals surface area contributed by atoms with E-state index in [4.69, 9.17) is 15.2 Å². The van der Waals surface area contributed by atoms with Gasteiger partial charge in [-0.25, -0.2) is 0 Å². The van der Waals surface area contributed by atoms with Crippen LogP contribution in [0.1, 0.15) is 12.5 Å². The minimum absolute atomic E-state index is 0.0286. The lowest BCUT2D eigenvalue weighted by atomic mass is 10.1. The molecule has 2 N–H and O–H groups in total. The van der Waals surface area contributed by atoms with E-state index in [1.54, 1.807) is 14.2 Å². The molecule has 0 amide bonds. The van der Waals surface area contributed by atoms with Gasteiger partial charge in [0.2, 0.25) is 0 Å². The highest BCUT2D eigenvalue weighted by Crippen LogP contribution is 2.25. The first-order valence-electron chi connectivity index (χ1n) is 4.83. The Kier molecular flexibility index (Phi) is 4.18. The Morgan fingerprint density at radius 2 is 2.00 bits per heavy atom. The van der Waals surface area contributed by atoms with Crippen molar-refractivity contribution in [3.05, 3.63) is 29.8 Å². The van der Waals surface area contributed by atoms with Crippen molar-refractivity contribution in [2.75, 3.05) is 14.2 Å². The molecule has 1 aromatic rings. The van der Waals surface area contributed by atoms with E-state index in [2.05, 4.69) is 0 Å². The predicted octanol–water partition coefficient (Wildman–Crippen LogP) is 2.06. The van der Waals surface area contributed by atoms with E-state index in [1.807, 2.05) is 37.3 Å². The van der Waals surface area contributed by atoms with Crippen LogP contribution in [0.2, 0.25) is 0 Å². The lowest BCUT2D eigenvalue weighted by Gasteiger charge is -2.07. The van der Waals surface area contributed by atoms with Crippen molar-refractivity contribution >= 4 is 6.08 Å². The summed E-state index contributed by atoms with van der Waals surface area (Å²) in [5, 5.41) is 0. The zero-order valence-electron chi connectivity index (χ0n) is 9.36. The fourth-order valence-corrected chi connectivity index (χ4v) is 1.23. The van der Waals surface area contributed by atoms with Crippen LogP contribution in [0.5, 0.6) is 11.5 Å². The highest BCUT2D eigenvalue weighted by atomic mass is 16.5. The molecule has 0 aliphatic heterocycles. The van der Waals surface area contributed by atoms with Crippen molar-refractivity contribution < 1.29 is 9.47 Å². The molecule has 0 radical (unpaired) electrons. The van der Waals surface area contributed by atoms with E-state index in [9.17, 15) is 0 Å². The number of methoxy groups -OCH3 is 2. The fourth-order valence-electron chi connectivity index (χ4n) is 1.23. The van der Waals surface area contributed by atoms with Crippen LogP contribution in [0.4, 0.5) is 0 Å². The number of rotatable bonds is 4. The molecule has 1 aromatic carbocycles. The molecule has 3 heteroatoms. The van der Waals surface area contributed by atoms with Gasteiger partial charge >= 0.3 is 0 Å². The summed E-state index contributed by atoms with van der Waals surface area (Å²) < 4.78 is 10.4. The molecule has 0 heterocycles. The molecule has 0 aliphatic carbocycles. The quantitative estimate of drug-likeness (QED) is 0.822. The first kappa shape index (κ1) is 11.6.